The Morgan fingerprint density at radius 2 is 1.64 bits per heavy atom. The lowest BCUT2D eigenvalue weighted by molar-refractivity contribution is -0.159. The maximum absolute atomic E-state index is 12.5. The highest BCUT2D eigenvalue weighted by Gasteiger charge is 2.30. The van der Waals surface area contributed by atoms with Crippen LogP contribution in [0.25, 0.3) is 0 Å². The van der Waals surface area contributed by atoms with Crippen molar-refractivity contribution < 1.29 is 33.0 Å². The van der Waals surface area contributed by atoms with Crippen LogP contribution in [0.2, 0.25) is 0 Å². The van der Waals surface area contributed by atoms with Gasteiger partial charge in [0.2, 0.25) is 0 Å². The minimum Gasteiger partial charge on any atom is -0.473 e. The van der Waals surface area contributed by atoms with E-state index in [0.717, 1.165) is 32.2 Å². The highest BCUT2D eigenvalue weighted by Crippen LogP contribution is 2.31. The summed E-state index contributed by atoms with van der Waals surface area (Å²) in [6.45, 7) is 3.13. The van der Waals surface area contributed by atoms with E-state index in [4.69, 9.17) is 19.8 Å². The van der Waals surface area contributed by atoms with Crippen molar-refractivity contribution in [2.45, 2.75) is 6.18 Å². The Balaban J connectivity index is 0.000000346. The van der Waals surface area contributed by atoms with Gasteiger partial charge in [0.1, 0.15) is 0 Å². The van der Waals surface area contributed by atoms with E-state index in [9.17, 15) is 13.2 Å². The third kappa shape index (κ3) is 5.60. The summed E-state index contributed by atoms with van der Waals surface area (Å²) in [7, 11) is 0. The second kappa shape index (κ2) is 7.64. The third-order valence-electron chi connectivity index (χ3n) is 2.84. The Morgan fingerprint density at radius 3 is 2.09 bits per heavy atom. The van der Waals surface area contributed by atoms with Crippen LogP contribution in [-0.4, -0.2) is 48.3 Å². The summed E-state index contributed by atoms with van der Waals surface area (Å²) in [5.74, 6) is -3.65. The van der Waals surface area contributed by atoms with Crippen molar-refractivity contribution in [2.24, 2.45) is 0 Å². The number of halogens is 3. The number of nitrogens with zero attached hydrogens (tertiary/aromatic N) is 1. The van der Waals surface area contributed by atoms with Crippen LogP contribution in [0.15, 0.2) is 24.3 Å². The molecule has 0 unspecified atom stereocenters. The molecule has 0 spiro atoms. The van der Waals surface area contributed by atoms with Crippen molar-refractivity contribution in [3.8, 4) is 0 Å². The van der Waals surface area contributed by atoms with Crippen molar-refractivity contribution in [3.05, 3.63) is 29.8 Å². The average molecular weight is 320 g/mol. The van der Waals surface area contributed by atoms with Gasteiger partial charge in [-0.25, -0.2) is 9.59 Å². The second-order valence-corrected chi connectivity index (χ2v) is 4.40. The summed E-state index contributed by atoms with van der Waals surface area (Å²) in [6, 6.07) is 5.50. The summed E-state index contributed by atoms with van der Waals surface area (Å²) < 4.78 is 37.5. The first-order chi connectivity index (χ1) is 10.2. The molecule has 0 radical (unpaired) electrons. The summed E-state index contributed by atoms with van der Waals surface area (Å²) >= 11 is 0. The van der Waals surface area contributed by atoms with Gasteiger partial charge in [-0.3, -0.25) is 0 Å². The largest absolute Gasteiger partial charge is 0.473 e. The number of alkyl halides is 3. The number of rotatable bonds is 1. The van der Waals surface area contributed by atoms with E-state index in [2.05, 4.69) is 5.32 Å². The number of benzene rings is 1. The van der Waals surface area contributed by atoms with Crippen LogP contribution >= 0.6 is 0 Å². The fourth-order valence-corrected chi connectivity index (χ4v) is 1.80. The smallest absolute Gasteiger partial charge is 0.416 e. The van der Waals surface area contributed by atoms with E-state index in [1.807, 2.05) is 4.90 Å². The lowest BCUT2D eigenvalue weighted by Gasteiger charge is -2.29. The van der Waals surface area contributed by atoms with Gasteiger partial charge in [0, 0.05) is 31.9 Å². The molecule has 0 aliphatic carbocycles. The molecule has 0 atom stereocenters. The first-order valence-electron chi connectivity index (χ1n) is 6.31. The number of hydrogen-bond donors (Lipinski definition) is 3. The maximum atomic E-state index is 12.5. The van der Waals surface area contributed by atoms with Gasteiger partial charge in [0.25, 0.3) is 0 Å². The standard InChI is InChI=1S/C11H13F3N2.C2H2O4/c12-11(13,14)9-2-1-3-10(8-9)16-6-4-15-5-7-16;3-1(4)2(5)6/h1-3,8,15H,4-7H2;(H,3,4)(H,5,6). The number of carboxylic acids is 2. The molecule has 2 rings (SSSR count). The number of anilines is 1. The fraction of sp³-hybridized carbons (Fsp3) is 0.385. The molecule has 0 aromatic heterocycles. The molecule has 6 nitrogen and oxygen atoms in total. The molecular formula is C13H15F3N2O4. The highest BCUT2D eigenvalue weighted by atomic mass is 19.4. The van der Waals surface area contributed by atoms with Crippen molar-refractivity contribution in [2.75, 3.05) is 31.1 Å². The van der Waals surface area contributed by atoms with Crippen molar-refractivity contribution in [1.82, 2.24) is 5.32 Å². The van der Waals surface area contributed by atoms with Gasteiger partial charge in [0.05, 0.1) is 5.56 Å². The van der Waals surface area contributed by atoms with Crippen molar-refractivity contribution >= 4 is 17.6 Å². The third-order valence-corrected chi connectivity index (χ3v) is 2.84. The molecule has 0 amide bonds. The van der Waals surface area contributed by atoms with Gasteiger partial charge in [-0.1, -0.05) is 6.07 Å². The van der Waals surface area contributed by atoms with E-state index in [1.54, 1.807) is 6.07 Å². The number of nitrogens with one attached hydrogen (secondary N) is 1. The van der Waals surface area contributed by atoms with Crippen molar-refractivity contribution in [3.63, 3.8) is 0 Å². The molecule has 122 valence electrons. The van der Waals surface area contributed by atoms with E-state index >= 15 is 0 Å². The van der Waals surface area contributed by atoms with E-state index in [-0.39, 0.29) is 0 Å². The molecule has 22 heavy (non-hydrogen) atoms. The first kappa shape index (κ1) is 17.8. The zero-order chi connectivity index (χ0) is 16.8. The number of carboxylic acid groups (broad SMARTS) is 2. The molecular weight excluding hydrogens is 305 g/mol. The molecule has 1 saturated heterocycles. The van der Waals surface area contributed by atoms with Crippen LogP contribution in [-0.2, 0) is 15.8 Å². The highest BCUT2D eigenvalue weighted by molar-refractivity contribution is 6.27. The maximum Gasteiger partial charge on any atom is 0.416 e. The molecule has 3 N–H and O–H groups in total. The number of piperazine rings is 1. The Kier molecular flexibility index (Phi) is 6.17. The minimum atomic E-state index is -4.26. The molecule has 1 aromatic rings. The summed E-state index contributed by atoms with van der Waals surface area (Å²) in [4.78, 5) is 20.2. The monoisotopic (exact) mass is 320 g/mol. The number of hydrogen-bond acceptors (Lipinski definition) is 4. The molecule has 1 fully saturated rings. The SMILES string of the molecule is FC(F)(F)c1cccc(N2CCNCC2)c1.O=C(O)C(=O)O. The van der Waals surface area contributed by atoms with E-state index in [0.29, 0.717) is 5.69 Å². The molecule has 1 heterocycles. The van der Waals surface area contributed by atoms with E-state index in [1.165, 1.54) is 12.1 Å². The van der Waals surface area contributed by atoms with Gasteiger partial charge in [-0.2, -0.15) is 13.2 Å². The van der Waals surface area contributed by atoms with Gasteiger partial charge in [-0.15, -0.1) is 0 Å². The molecule has 0 saturated carbocycles. The van der Waals surface area contributed by atoms with Crippen LogP contribution in [0.5, 0.6) is 0 Å². The normalized spacial score (nSPS) is 14.8. The van der Waals surface area contributed by atoms with Gasteiger partial charge in [-0.05, 0) is 18.2 Å². The first-order valence-corrected chi connectivity index (χ1v) is 6.31. The summed E-state index contributed by atoms with van der Waals surface area (Å²) in [6.07, 6.45) is -4.26. The molecule has 1 aromatic carbocycles. The van der Waals surface area contributed by atoms with E-state index < -0.39 is 23.7 Å². The molecule has 9 heteroatoms. The Hall–Kier alpha value is -2.29. The van der Waals surface area contributed by atoms with Crippen LogP contribution in [0, 0.1) is 0 Å². The minimum absolute atomic E-state index is 0.580. The van der Waals surface area contributed by atoms with Gasteiger partial charge in [0.15, 0.2) is 0 Å². The van der Waals surface area contributed by atoms with Crippen LogP contribution in [0.4, 0.5) is 18.9 Å². The van der Waals surface area contributed by atoms with Crippen LogP contribution in [0.3, 0.4) is 0 Å². The Morgan fingerprint density at radius 1 is 1.09 bits per heavy atom. The molecule has 0 bridgehead atoms. The zero-order valence-electron chi connectivity index (χ0n) is 11.4. The topological polar surface area (TPSA) is 89.9 Å². The molecule has 1 aliphatic rings. The lowest BCUT2D eigenvalue weighted by Crippen LogP contribution is -2.43. The van der Waals surface area contributed by atoms with Crippen molar-refractivity contribution in [1.29, 1.82) is 0 Å². The quantitative estimate of drug-likeness (QED) is 0.675. The average Bonchev–Trinajstić information content (AvgIpc) is 2.48. The summed E-state index contributed by atoms with van der Waals surface area (Å²) in [5, 5.41) is 17.9. The Labute approximate surface area is 124 Å². The second-order valence-electron chi connectivity index (χ2n) is 4.40. The zero-order valence-corrected chi connectivity index (χ0v) is 11.4. The predicted molar refractivity (Wildman–Crippen MR) is 71.8 cm³/mol. The summed E-state index contributed by atoms with van der Waals surface area (Å²) in [5.41, 5.74) is 0.0693. The lowest BCUT2D eigenvalue weighted by atomic mass is 10.1. The molecule has 1 aliphatic heterocycles. The predicted octanol–water partition coefficient (Wildman–Crippen LogP) is 1.27. The van der Waals surface area contributed by atoms with Gasteiger partial charge >= 0.3 is 18.1 Å². The van der Waals surface area contributed by atoms with Crippen LogP contribution in [0.1, 0.15) is 5.56 Å². The van der Waals surface area contributed by atoms with Gasteiger partial charge < -0.3 is 20.4 Å². The Bertz CT molecular complexity index is 516. The number of carbonyl (C=O) groups is 2. The fourth-order valence-electron chi connectivity index (χ4n) is 1.80. The van der Waals surface area contributed by atoms with Crippen LogP contribution < -0.4 is 10.2 Å². The number of aliphatic carboxylic acids is 2.